The summed E-state index contributed by atoms with van der Waals surface area (Å²) < 4.78 is 15.3. The molecule has 0 saturated carbocycles. The Morgan fingerprint density at radius 2 is 1.81 bits per heavy atom. The molecular formula is C19H17FN4OS. The van der Waals surface area contributed by atoms with Crippen LogP contribution in [0.1, 0.15) is 22.8 Å². The molecule has 0 aliphatic carbocycles. The molecule has 0 saturated heterocycles. The van der Waals surface area contributed by atoms with Gasteiger partial charge in [0.05, 0.1) is 18.4 Å². The zero-order valence-corrected chi connectivity index (χ0v) is 14.9. The van der Waals surface area contributed by atoms with Gasteiger partial charge in [-0.2, -0.15) is 5.10 Å². The Balaban J connectivity index is 1.59. The Labute approximate surface area is 155 Å². The Hall–Kier alpha value is -3.06. The second-order valence-corrected chi connectivity index (χ2v) is 6.14. The molecule has 3 rings (SSSR count). The van der Waals surface area contributed by atoms with Crippen LogP contribution in [0.15, 0.2) is 60.9 Å². The van der Waals surface area contributed by atoms with Crippen LogP contribution < -0.4 is 10.6 Å². The van der Waals surface area contributed by atoms with Crippen LogP contribution >= 0.6 is 12.2 Å². The van der Waals surface area contributed by atoms with Gasteiger partial charge in [-0.25, -0.2) is 4.39 Å². The smallest absolute Gasteiger partial charge is 0.175 e. The van der Waals surface area contributed by atoms with E-state index in [0.29, 0.717) is 28.5 Å². The molecule has 2 aromatic carbocycles. The van der Waals surface area contributed by atoms with Gasteiger partial charge >= 0.3 is 0 Å². The number of benzene rings is 2. The summed E-state index contributed by atoms with van der Waals surface area (Å²) in [6, 6.07) is 13.6. The van der Waals surface area contributed by atoms with Gasteiger partial charge < -0.3 is 10.6 Å². The zero-order valence-electron chi connectivity index (χ0n) is 14.1. The molecule has 0 unspecified atom stereocenters. The van der Waals surface area contributed by atoms with Crippen LogP contribution in [-0.4, -0.2) is 20.7 Å². The van der Waals surface area contributed by atoms with Crippen LogP contribution in [-0.2, 0) is 6.54 Å². The molecular weight excluding hydrogens is 351 g/mol. The Bertz CT molecular complexity index is 937. The van der Waals surface area contributed by atoms with E-state index < -0.39 is 0 Å². The molecule has 0 aliphatic heterocycles. The van der Waals surface area contributed by atoms with E-state index in [1.807, 2.05) is 0 Å². The number of carbonyl (C=O) groups is 1. The van der Waals surface area contributed by atoms with Crippen molar-refractivity contribution in [3.05, 3.63) is 77.9 Å². The number of aromatic nitrogens is 2. The first-order valence-electron chi connectivity index (χ1n) is 7.96. The summed E-state index contributed by atoms with van der Waals surface area (Å²) in [4.78, 5) is 11.3. The van der Waals surface area contributed by atoms with Gasteiger partial charge in [0.15, 0.2) is 10.9 Å². The van der Waals surface area contributed by atoms with Crippen molar-refractivity contribution in [3.63, 3.8) is 0 Å². The normalized spacial score (nSPS) is 10.4. The van der Waals surface area contributed by atoms with Gasteiger partial charge in [-0.1, -0.05) is 18.2 Å². The number of hydrogen-bond acceptors (Lipinski definition) is 3. The predicted octanol–water partition coefficient (Wildman–Crippen LogP) is 4.08. The molecule has 0 bridgehead atoms. The highest BCUT2D eigenvalue weighted by atomic mass is 32.1. The fourth-order valence-electron chi connectivity index (χ4n) is 2.40. The molecule has 0 fully saturated rings. The lowest BCUT2D eigenvalue weighted by Gasteiger charge is -2.09. The van der Waals surface area contributed by atoms with E-state index in [2.05, 4.69) is 15.7 Å². The number of carbonyl (C=O) groups excluding carboxylic acids is 1. The van der Waals surface area contributed by atoms with Gasteiger partial charge in [-0.3, -0.25) is 9.48 Å². The highest BCUT2D eigenvalue weighted by molar-refractivity contribution is 7.80. The van der Waals surface area contributed by atoms with Crippen LogP contribution in [0.3, 0.4) is 0 Å². The summed E-state index contributed by atoms with van der Waals surface area (Å²) in [5.41, 5.74) is 2.67. The molecule has 3 aromatic rings. The van der Waals surface area contributed by atoms with Crippen molar-refractivity contribution in [2.24, 2.45) is 0 Å². The van der Waals surface area contributed by atoms with Crippen LogP contribution in [0.5, 0.6) is 0 Å². The topological polar surface area (TPSA) is 59.0 Å². The molecule has 1 heterocycles. The summed E-state index contributed by atoms with van der Waals surface area (Å²) in [6.07, 6.45) is 3.37. The van der Waals surface area contributed by atoms with Crippen molar-refractivity contribution >= 4 is 34.5 Å². The zero-order chi connectivity index (χ0) is 18.5. The Morgan fingerprint density at radius 1 is 1.12 bits per heavy atom. The number of halogens is 1. The molecule has 1 aromatic heterocycles. The summed E-state index contributed by atoms with van der Waals surface area (Å²) >= 11 is 5.28. The van der Waals surface area contributed by atoms with Crippen molar-refractivity contribution in [2.75, 3.05) is 10.6 Å². The van der Waals surface area contributed by atoms with Gasteiger partial charge in [0.25, 0.3) is 0 Å². The van der Waals surface area contributed by atoms with Crippen molar-refractivity contribution in [1.29, 1.82) is 0 Å². The van der Waals surface area contributed by atoms with E-state index in [0.717, 1.165) is 5.69 Å². The number of nitrogens with zero attached hydrogens (tertiary/aromatic N) is 2. The van der Waals surface area contributed by atoms with E-state index in [-0.39, 0.29) is 11.6 Å². The van der Waals surface area contributed by atoms with E-state index in [9.17, 15) is 9.18 Å². The first-order chi connectivity index (χ1) is 12.5. The number of Topliss-reactive ketones (excluding diaryl/α,β-unsaturated/α-hetero) is 1. The highest BCUT2D eigenvalue weighted by Crippen LogP contribution is 2.13. The van der Waals surface area contributed by atoms with Crippen molar-refractivity contribution in [3.8, 4) is 0 Å². The molecule has 7 heteroatoms. The average molecular weight is 368 g/mol. The van der Waals surface area contributed by atoms with Gasteiger partial charge in [-0.05, 0) is 49.5 Å². The third kappa shape index (κ3) is 4.52. The van der Waals surface area contributed by atoms with Crippen LogP contribution in [0.25, 0.3) is 0 Å². The minimum atomic E-state index is -0.260. The molecule has 0 radical (unpaired) electrons. The van der Waals surface area contributed by atoms with E-state index in [4.69, 9.17) is 12.2 Å². The van der Waals surface area contributed by atoms with Gasteiger partial charge in [0.2, 0.25) is 0 Å². The Morgan fingerprint density at radius 3 is 2.50 bits per heavy atom. The quantitative estimate of drug-likeness (QED) is 0.525. The van der Waals surface area contributed by atoms with Gasteiger partial charge in [0.1, 0.15) is 5.82 Å². The standard InChI is InChI=1S/C19H17FN4OS/c1-13(25)14-6-8-16(9-7-14)22-19(26)23-17-10-21-24(12-17)11-15-4-2-3-5-18(15)20/h2-10,12H,11H2,1H3,(H2,22,23,26). The molecule has 5 nitrogen and oxygen atoms in total. The van der Waals surface area contributed by atoms with E-state index in [1.54, 1.807) is 59.5 Å². The van der Waals surface area contributed by atoms with Gasteiger partial charge in [0, 0.05) is 23.0 Å². The lowest BCUT2D eigenvalue weighted by atomic mass is 10.1. The second-order valence-electron chi connectivity index (χ2n) is 5.73. The average Bonchev–Trinajstić information content (AvgIpc) is 3.04. The van der Waals surface area contributed by atoms with Crippen molar-refractivity contribution in [1.82, 2.24) is 9.78 Å². The number of ketones is 1. The third-order valence-corrected chi connectivity index (χ3v) is 3.93. The van der Waals surface area contributed by atoms with E-state index >= 15 is 0 Å². The Kier molecular flexibility index (Phi) is 5.38. The summed E-state index contributed by atoms with van der Waals surface area (Å²) in [5, 5.41) is 10.7. The number of nitrogens with one attached hydrogen (secondary N) is 2. The fraction of sp³-hybridized carbons (Fsp3) is 0.105. The largest absolute Gasteiger partial charge is 0.332 e. The molecule has 2 N–H and O–H groups in total. The van der Waals surface area contributed by atoms with E-state index in [1.165, 1.54) is 13.0 Å². The first-order valence-corrected chi connectivity index (χ1v) is 8.37. The summed E-state index contributed by atoms with van der Waals surface area (Å²) in [6.45, 7) is 1.86. The minimum Gasteiger partial charge on any atom is -0.332 e. The second kappa shape index (κ2) is 7.88. The van der Waals surface area contributed by atoms with Crippen molar-refractivity contribution in [2.45, 2.75) is 13.5 Å². The van der Waals surface area contributed by atoms with Crippen LogP contribution in [0, 0.1) is 5.82 Å². The molecule has 0 spiro atoms. The molecule has 0 atom stereocenters. The SMILES string of the molecule is CC(=O)c1ccc(NC(=S)Nc2cnn(Cc3ccccc3F)c2)cc1. The summed E-state index contributed by atoms with van der Waals surface area (Å²) in [5.74, 6) is -0.247. The lowest BCUT2D eigenvalue weighted by Crippen LogP contribution is -2.18. The maximum absolute atomic E-state index is 13.7. The fourth-order valence-corrected chi connectivity index (χ4v) is 2.63. The number of anilines is 2. The number of thiocarbonyl (C=S) groups is 1. The van der Waals surface area contributed by atoms with Crippen LogP contribution in [0.4, 0.5) is 15.8 Å². The summed E-state index contributed by atoms with van der Waals surface area (Å²) in [7, 11) is 0. The maximum atomic E-state index is 13.7. The lowest BCUT2D eigenvalue weighted by molar-refractivity contribution is 0.101. The maximum Gasteiger partial charge on any atom is 0.175 e. The number of rotatable bonds is 5. The molecule has 26 heavy (non-hydrogen) atoms. The molecule has 0 aliphatic rings. The minimum absolute atomic E-state index is 0.0134. The number of hydrogen-bond donors (Lipinski definition) is 2. The highest BCUT2D eigenvalue weighted by Gasteiger charge is 2.06. The van der Waals surface area contributed by atoms with Gasteiger partial charge in [-0.15, -0.1) is 0 Å². The van der Waals surface area contributed by atoms with Crippen molar-refractivity contribution < 1.29 is 9.18 Å². The van der Waals surface area contributed by atoms with Crippen LogP contribution in [0.2, 0.25) is 0 Å². The molecule has 0 amide bonds. The molecule has 132 valence electrons. The monoisotopic (exact) mass is 368 g/mol. The third-order valence-electron chi connectivity index (χ3n) is 3.73. The first kappa shape index (κ1) is 17.8. The predicted molar refractivity (Wildman–Crippen MR) is 104 cm³/mol.